The molecule has 0 radical (unpaired) electrons. The van der Waals surface area contributed by atoms with Gasteiger partial charge in [-0.3, -0.25) is 9.59 Å². The molecular weight excluding hydrogens is 495 g/mol. The summed E-state index contributed by atoms with van der Waals surface area (Å²) in [6.07, 6.45) is -0.291. The number of aromatic nitrogens is 2. The van der Waals surface area contributed by atoms with Gasteiger partial charge in [-0.05, 0) is 28.7 Å². The van der Waals surface area contributed by atoms with Crippen LogP contribution in [0, 0.1) is 0 Å². The van der Waals surface area contributed by atoms with Gasteiger partial charge in [-0.15, -0.1) is 0 Å². The van der Waals surface area contributed by atoms with Gasteiger partial charge in [0.05, 0.1) is 0 Å². The standard InChI is InChI=1S/C24H20Cl2N4O5/c25-20-21(26)27-12-28-22(20)30-23(33)18(9-10-19(31)32)29-24(34)35-11-17-15-7-3-1-5-13(15)14-6-2-4-8-16(14)17/h1-8,12,17-18H,9-11H2,(H,29,34)(H,31,32)(H,27,28,30,33). The van der Waals surface area contributed by atoms with Crippen LogP contribution in [0.4, 0.5) is 10.6 Å². The summed E-state index contributed by atoms with van der Waals surface area (Å²) < 4.78 is 5.47. The molecule has 3 aromatic rings. The number of anilines is 1. The van der Waals surface area contributed by atoms with Crippen LogP contribution >= 0.6 is 23.2 Å². The summed E-state index contributed by atoms with van der Waals surface area (Å²) >= 11 is 11.8. The predicted molar refractivity (Wildman–Crippen MR) is 130 cm³/mol. The normalized spacial score (nSPS) is 12.9. The molecule has 1 heterocycles. The number of benzene rings is 2. The molecule has 4 rings (SSSR count). The Kier molecular flexibility index (Phi) is 7.48. The van der Waals surface area contributed by atoms with Crippen molar-refractivity contribution in [2.75, 3.05) is 11.9 Å². The van der Waals surface area contributed by atoms with Crippen LogP contribution < -0.4 is 10.6 Å². The van der Waals surface area contributed by atoms with Gasteiger partial charge in [0, 0.05) is 12.3 Å². The van der Waals surface area contributed by atoms with Crippen molar-refractivity contribution in [2.24, 2.45) is 0 Å². The molecule has 1 aromatic heterocycles. The van der Waals surface area contributed by atoms with E-state index in [0.29, 0.717) is 0 Å². The van der Waals surface area contributed by atoms with E-state index in [1.54, 1.807) is 0 Å². The molecule has 180 valence electrons. The van der Waals surface area contributed by atoms with E-state index in [2.05, 4.69) is 20.6 Å². The Balaban J connectivity index is 1.44. The molecule has 1 aliphatic carbocycles. The first kappa shape index (κ1) is 24.4. The van der Waals surface area contributed by atoms with Crippen molar-refractivity contribution in [3.05, 3.63) is 76.2 Å². The van der Waals surface area contributed by atoms with Gasteiger partial charge in [-0.25, -0.2) is 14.8 Å². The van der Waals surface area contributed by atoms with E-state index in [0.717, 1.165) is 28.6 Å². The molecule has 11 heteroatoms. The number of carboxylic acids is 1. The van der Waals surface area contributed by atoms with Crippen LogP contribution in [0.1, 0.15) is 29.9 Å². The molecule has 0 saturated carbocycles. The Bertz CT molecular complexity index is 1240. The highest BCUT2D eigenvalue weighted by Crippen LogP contribution is 2.44. The first-order chi connectivity index (χ1) is 16.8. The minimum Gasteiger partial charge on any atom is -0.481 e. The molecule has 1 aliphatic rings. The van der Waals surface area contributed by atoms with Crippen LogP contribution in [0.2, 0.25) is 10.2 Å². The van der Waals surface area contributed by atoms with Crippen molar-refractivity contribution in [3.63, 3.8) is 0 Å². The Morgan fingerprint density at radius 2 is 1.63 bits per heavy atom. The fourth-order valence-electron chi connectivity index (χ4n) is 3.96. The monoisotopic (exact) mass is 514 g/mol. The number of amides is 2. The summed E-state index contributed by atoms with van der Waals surface area (Å²) in [5.41, 5.74) is 4.24. The Labute approximate surface area is 210 Å². The number of alkyl carbamates (subject to hydrolysis) is 1. The molecule has 3 N–H and O–H groups in total. The van der Waals surface area contributed by atoms with Crippen LogP contribution in [0.5, 0.6) is 0 Å². The highest BCUT2D eigenvalue weighted by molar-refractivity contribution is 6.43. The number of nitrogens with one attached hydrogen (secondary N) is 2. The number of carbonyl (C=O) groups excluding carboxylic acids is 2. The van der Waals surface area contributed by atoms with E-state index in [1.807, 2.05) is 48.5 Å². The minimum atomic E-state index is -1.22. The number of carbonyl (C=O) groups is 3. The molecule has 1 unspecified atom stereocenters. The van der Waals surface area contributed by atoms with Gasteiger partial charge in [-0.1, -0.05) is 71.7 Å². The second-order valence-electron chi connectivity index (χ2n) is 7.77. The maximum absolute atomic E-state index is 12.8. The van der Waals surface area contributed by atoms with Crippen LogP contribution in [0.25, 0.3) is 11.1 Å². The van der Waals surface area contributed by atoms with E-state index >= 15 is 0 Å². The molecule has 2 aromatic carbocycles. The molecule has 0 bridgehead atoms. The van der Waals surface area contributed by atoms with E-state index < -0.39 is 24.0 Å². The lowest BCUT2D eigenvalue weighted by Crippen LogP contribution is -2.44. The summed E-state index contributed by atoms with van der Waals surface area (Å²) in [7, 11) is 0. The van der Waals surface area contributed by atoms with E-state index in [4.69, 9.17) is 33.0 Å². The van der Waals surface area contributed by atoms with Crippen molar-refractivity contribution >= 4 is 47.0 Å². The molecule has 0 spiro atoms. The lowest BCUT2D eigenvalue weighted by atomic mass is 9.98. The maximum atomic E-state index is 12.8. The third-order valence-corrected chi connectivity index (χ3v) is 6.33. The van der Waals surface area contributed by atoms with E-state index in [9.17, 15) is 14.4 Å². The zero-order valence-corrected chi connectivity index (χ0v) is 19.7. The van der Waals surface area contributed by atoms with Crippen molar-refractivity contribution in [1.82, 2.24) is 15.3 Å². The quantitative estimate of drug-likeness (QED) is 0.377. The van der Waals surface area contributed by atoms with Gasteiger partial charge in [0.15, 0.2) is 11.0 Å². The Morgan fingerprint density at radius 1 is 1.00 bits per heavy atom. The predicted octanol–water partition coefficient (Wildman–Crippen LogP) is 4.49. The first-order valence-corrected chi connectivity index (χ1v) is 11.4. The topological polar surface area (TPSA) is 131 Å². The number of nitrogens with zero attached hydrogens (tertiary/aromatic N) is 2. The molecule has 2 amide bonds. The van der Waals surface area contributed by atoms with Gasteiger partial charge in [0.25, 0.3) is 0 Å². The van der Waals surface area contributed by atoms with Gasteiger partial charge >= 0.3 is 12.1 Å². The number of halogens is 2. The Morgan fingerprint density at radius 3 is 2.26 bits per heavy atom. The number of hydrogen-bond acceptors (Lipinski definition) is 6. The second kappa shape index (κ2) is 10.7. The number of carboxylic acid groups (broad SMARTS) is 1. The summed E-state index contributed by atoms with van der Waals surface area (Å²) in [6, 6.07) is 14.6. The summed E-state index contributed by atoms with van der Waals surface area (Å²) in [4.78, 5) is 44.0. The summed E-state index contributed by atoms with van der Waals surface area (Å²) in [5, 5.41) is 13.8. The number of hydrogen-bond donors (Lipinski definition) is 3. The molecule has 0 aliphatic heterocycles. The van der Waals surface area contributed by atoms with Gasteiger partial charge in [0.1, 0.15) is 24.0 Å². The average molecular weight is 515 g/mol. The number of aliphatic carboxylic acids is 1. The fraction of sp³-hybridized carbons (Fsp3) is 0.208. The third-order valence-electron chi connectivity index (χ3n) is 5.59. The average Bonchev–Trinajstić information content (AvgIpc) is 3.17. The van der Waals surface area contributed by atoms with Crippen LogP contribution in [-0.4, -0.2) is 45.7 Å². The van der Waals surface area contributed by atoms with Crippen LogP contribution in [0.15, 0.2) is 54.9 Å². The smallest absolute Gasteiger partial charge is 0.407 e. The second-order valence-corrected chi connectivity index (χ2v) is 8.51. The van der Waals surface area contributed by atoms with Crippen LogP contribution in [-0.2, 0) is 14.3 Å². The summed E-state index contributed by atoms with van der Waals surface area (Å²) in [6.45, 7) is 0.0421. The van der Waals surface area contributed by atoms with Crippen molar-refractivity contribution < 1.29 is 24.2 Å². The zero-order chi connectivity index (χ0) is 24.9. The largest absolute Gasteiger partial charge is 0.481 e. The zero-order valence-electron chi connectivity index (χ0n) is 18.2. The van der Waals surface area contributed by atoms with Gasteiger partial charge in [0.2, 0.25) is 5.91 Å². The summed E-state index contributed by atoms with van der Waals surface area (Å²) in [5.74, 6) is -2.08. The maximum Gasteiger partial charge on any atom is 0.407 e. The number of rotatable bonds is 8. The number of ether oxygens (including phenoxy) is 1. The first-order valence-electron chi connectivity index (χ1n) is 10.6. The lowest BCUT2D eigenvalue weighted by molar-refractivity contribution is -0.137. The van der Waals surface area contributed by atoms with Crippen LogP contribution in [0.3, 0.4) is 0 Å². The van der Waals surface area contributed by atoms with Crippen molar-refractivity contribution in [2.45, 2.75) is 24.8 Å². The highest BCUT2D eigenvalue weighted by atomic mass is 35.5. The molecule has 35 heavy (non-hydrogen) atoms. The number of fused-ring (bicyclic) bond motifs is 3. The van der Waals surface area contributed by atoms with Gasteiger partial charge in [-0.2, -0.15) is 0 Å². The third kappa shape index (κ3) is 5.52. The molecule has 0 fully saturated rings. The van der Waals surface area contributed by atoms with Gasteiger partial charge < -0.3 is 20.5 Å². The molecule has 0 saturated heterocycles. The van der Waals surface area contributed by atoms with E-state index in [1.165, 1.54) is 0 Å². The van der Waals surface area contributed by atoms with Crippen molar-refractivity contribution in [3.8, 4) is 11.1 Å². The SMILES string of the molecule is O=C(O)CCC(NC(=O)OCC1c2ccccc2-c2ccccc21)C(=O)Nc1ncnc(Cl)c1Cl. The van der Waals surface area contributed by atoms with E-state index in [-0.39, 0.29) is 41.4 Å². The Hall–Kier alpha value is -3.69. The molecular formula is C24H20Cl2N4O5. The molecule has 9 nitrogen and oxygen atoms in total. The highest BCUT2D eigenvalue weighted by Gasteiger charge is 2.30. The minimum absolute atomic E-state index is 0.0421. The molecule has 1 atom stereocenters. The van der Waals surface area contributed by atoms with Crippen molar-refractivity contribution in [1.29, 1.82) is 0 Å². The fourth-order valence-corrected chi connectivity index (χ4v) is 4.24. The lowest BCUT2D eigenvalue weighted by Gasteiger charge is -2.19.